The molecule has 0 spiro atoms. The van der Waals surface area contributed by atoms with E-state index in [4.69, 9.17) is 7.85 Å². The summed E-state index contributed by atoms with van der Waals surface area (Å²) < 4.78 is 2.07. The molecule has 0 amide bonds. The van der Waals surface area contributed by atoms with Gasteiger partial charge in [-0.05, 0) is 18.1 Å². The molecule has 0 saturated carbocycles. The third-order valence-electron chi connectivity index (χ3n) is 3.64. The summed E-state index contributed by atoms with van der Waals surface area (Å²) in [6.45, 7) is 4.30. The molecule has 0 saturated heterocycles. The van der Waals surface area contributed by atoms with Crippen molar-refractivity contribution in [2.45, 2.75) is 19.8 Å². The third kappa shape index (κ3) is 2.64. The summed E-state index contributed by atoms with van der Waals surface area (Å²) in [7, 11) is 6.18. The summed E-state index contributed by atoms with van der Waals surface area (Å²) in [6, 6.07) is 16.4. The van der Waals surface area contributed by atoms with E-state index in [1.807, 2.05) is 36.7 Å². The van der Waals surface area contributed by atoms with Crippen molar-refractivity contribution in [2.24, 2.45) is 0 Å². The Bertz CT molecular complexity index is 745. The Kier molecular flexibility index (Phi) is 3.65. The summed E-state index contributed by atoms with van der Waals surface area (Å²) in [5.41, 5.74) is 4.14. The first-order valence-corrected chi connectivity index (χ1v) is 7.15. The predicted molar refractivity (Wildman–Crippen MR) is 88.5 cm³/mol. The number of hydrogen-bond donors (Lipinski definition) is 0. The average molecular weight is 272 g/mol. The minimum Gasteiger partial charge on any atom is -0.300 e. The third-order valence-corrected chi connectivity index (χ3v) is 3.64. The summed E-state index contributed by atoms with van der Waals surface area (Å²) in [5.74, 6) is 1.35. The molecule has 2 radical (unpaired) electrons. The van der Waals surface area contributed by atoms with Crippen LogP contribution < -0.4 is 5.46 Å². The fourth-order valence-corrected chi connectivity index (χ4v) is 2.55. The number of imidazole rings is 1. The molecule has 0 aliphatic carbocycles. The van der Waals surface area contributed by atoms with Crippen LogP contribution in [0, 0.1) is 0 Å². The highest BCUT2D eigenvalue weighted by Crippen LogP contribution is 2.22. The van der Waals surface area contributed by atoms with Crippen LogP contribution in [0.2, 0.25) is 0 Å². The normalized spacial score (nSPS) is 11.0. The second-order valence-electron chi connectivity index (χ2n) is 5.45. The van der Waals surface area contributed by atoms with Gasteiger partial charge in [0.25, 0.3) is 0 Å². The van der Waals surface area contributed by atoms with Gasteiger partial charge in [0.05, 0.1) is 0 Å². The van der Waals surface area contributed by atoms with Gasteiger partial charge in [-0.3, -0.25) is 4.57 Å². The molecule has 0 atom stereocenters. The maximum Gasteiger partial charge on any atom is 0.144 e. The van der Waals surface area contributed by atoms with Crippen molar-refractivity contribution < 1.29 is 0 Å². The maximum atomic E-state index is 6.18. The highest BCUT2D eigenvalue weighted by atomic mass is 15.1. The lowest BCUT2D eigenvalue weighted by molar-refractivity contribution is 0.872. The highest BCUT2D eigenvalue weighted by molar-refractivity contribution is 6.33. The summed E-state index contributed by atoms with van der Waals surface area (Å²) >= 11 is 0. The molecule has 2 aromatic carbocycles. The molecule has 0 fully saturated rings. The van der Waals surface area contributed by atoms with Crippen LogP contribution in [-0.2, 0) is 0 Å². The Morgan fingerprint density at radius 1 is 1.05 bits per heavy atom. The molecule has 3 rings (SSSR count). The number of benzene rings is 2. The van der Waals surface area contributed by atoms with Crippen LogP contribution in [0.25, 0.3) is 17.1 Å². The molecule has 1 heterocycles. The van der Waals surface area contributed by atoms with Crippen molar-refractivity contribution in [3.63, 3.8) is 0 Å². The number of nitrogens with zero attached hydrogens (tertiary/aromatic N) is 2. The van der Waals surface area contributed by atoms with Crippen LogP contribution in [0.4, 0.5) is 0 Å². The van der Waals surface area contributed by atoms with Crippen LogP contribution in [-0.4, -0.2) is 17.4 Å². The minimum absolute atomic E-state index is 0.426. The van der Waals surface area contributed by atoms with Crippen molar-refractivity contribution >= 4 is 13.3 Å². The van der Waals surface area contributed by atoms with Gasteiger partial charge in [-0.25, -0.2) is 4.98 Å². The minimum atomic E-state index is 0.426. The fourth-order valence-electron chi connectivity index (χ4n) is 2.55. The van der Waals surface area contributed by atoms with Crippen molar-refractivity contribution in [1.82, 2.24) is 9.55 Å². The van der Waals surface area contributed by atoms with Gasteiger partial charge in [0.15, 0.2) is 0 Å². The van der Waals surface area contributed by atoms with E-state index in [-0.39, 0.29) is 0 Å². The van der Waals surface area contributed by atoms with Crippen LogP contribution in [0.1, 0.15) is 25.3 Å². The van der Waals surface area contributed by atoms with Gasteiger partial charge in [-0.15, -0.1) is 0 Å². The average Bonchev–Trinajstić information content (AvgIpc) is 2.97. The topological polar surface area (TPSA) is 17.8 Å². The van der Waals surface area contributed by atoms with E-state index < -0.39 is 0 Å². The van der Waals surface area contributed by atoms with Crippen molar-refractivity contribution in [3.8, 4) is 17.1 Å². The molecule has 0 bridgehead atoms. The Labute approximate surface area is 126 Å². The molecule has 0 aliphatic heterocycles. The summed E-state index contributed by atoms with van der Waals surface area (Å²) in [5, 5.41) is 0. The quantitative estimate of drug-likeness (QED) is 0.668. The number of aromatic nitrogens is 2. The van der Waals surface area contributed by atoms with E-state index in [2.05, 4.69) is 47.7 Å². The van der Waals surface area contributed by atoms with Crippen molar-refractivity contribution in [3.05, 3.63) is 66.5 Å². The molecular formula is C18H17BN2. The zero-order valence-electron chi connectivity index (χ0n) is 12.3. The number of rotatable bonds is 3. The lowest BCUT2D eigenvalue weighted by Crippen LogP contribution is -2.13. The molecule has 0 aliphatic rings. The molecule has 102 valence electrons. The van der Waals surface area contributed by atoms with E-state index >= 15 is 0 Å². The van der Waals surface area contributed by atoms with Gasteiger partial charge in [-0.2, -0.15) is 0 Å². The van der Waals surface area contributed by atoms with Crippen LogP contribution in [0.5, 0.6) is 0 Å². The Balaban J connectivity index is 2.07. The smallest absolute Gasteiger partial charge is 0.144 e. The molecule has 2 nitrogen and oxygen atoms in total. The van der Waals surface area contributed by atoms with Crippen molar-refractivity contribution in [2.75, 3.05) is 0 Å². The Morgan fingerprint density at radius 2 is 1.81 bits per heavy atom. The highest BCUT2D eigenvalue weighted by Gasteiger charge is 2.09. The Hall–Kier alpha value is -2.29. The van der Waals surface area contributed by atoms with E-state index in [1.54, 1.807) is 0 Å². The van der Waals surface area contributed by atoms with Gasteiger partial charge in [-0.1, -0.05) is 61.3 Å². The maximum absolute atomic E-state index is 6.18. The molecule has 3 heteroatoms. The van der Waals surface area contributed by atoms with Gasteiger partial charge >= 0.3 is 0 Å². The first-order chi connectivity index (χ1) is 10.2. The molecular weight excluding hydrogens is 255 g/mol. The molecule has 21 heavy (non-hydrogen) atoms. The molecule has 1 aromatic heterocycles. The lowest BCUT2D eigenvalue weighted by Gasteiger charge is -2.14. The Morgan fingerprint density at radius 3 is 2.48 bits per heavy atom. The van der Waals surface area contributed by atoms with Gasteiger partial charge in [0.2, 0.25) is 0 Å². The van der Waals surface area contributed by atoms with E-state index in [0.717, 1.165) is 22.5 Å². The lowest BCUT2D eigenvalue weighted by atomic mass is 9.85. The van der Waals surface area contributed by atoms with Crippen LogP contribution in [0.15, 0.2) is 60.9 Å². The monoisotopic (exact) mass is 272 g/mol. The summed E-state index contributed by atoms with van der Waals surface area (Å²) in [6.07, 6.45) is 3.78. The first kappa shape index (κ1) is 13.7. The second kappa shape index (κ2) is 5.61. The van der Waals surface area contributed by atoms with Crippen molar-refractivity contribution in [1.29, 1.82) is 0 Å². The largest absolute Gasteiger partial charge is 0.300 e. The van der Waals surface area contributed by atoms with Crippen LogP contribution in [0.3, 0.4) is 0 Å². The van der Waals surface area contributed by atoms with E-state index in [0.29, 0.717) is 5.92 Å². The zero-order chi connectivity index (χ0) is 14.8. The standard InChI is InChI=1S/C18H17BN2/c1-13(2)16-9-8-15(12-17(16)19)21-11-10-20-18(21)14-6-4-3-5-7-14/h3-13H,1-2H3. The second-order valence-corrected chi connectivity index (χ2v) is 5.45. The van der Waals surface area contributed by atoms with E-state index in [1.165, 1.54) is 5.56 Å². The molecule has 3 aromatic rings. The van der Waals surface area contributed by atoms with Gasteiger partial charge in [0.1, 0.15) is 13.7 Å². The van der Waals surface area contributed by atoms with Crippen LogP contribution >= 0.6 is 0 Å². The predicted octanol–water partition coefficient (Wildman–Crippen LogP) is 3.46. The van der Waals surface area contributed by atoms with Gasteiger partial charge in [0, 0.05) is 23.6 Å². The zero-order valence-corrected chi connectivity index (χ0v) is 12.3. The molecule has 0 N–H and O–H groups in total. The fraction of sp³-hybridized carbons (Fsp3) is 0.167. The SMILES string of the molecule is [B]c1cc(-n2ccnc2-c2ccccc2)ccc1C(C)C. The summed E-state index contributed by atoms with van der Waals surface area (Å²) in [4.78, 5) is 4.47. The number of hydrogen-bond acceptors (Lipinski definition) is 1. The van der Waals surface area contributed by atoms with Gasteiger partial charge < -0.3 is 0 Å². The molecule has 0 unspecified atom stereocenters. The van der Waals surface area contributed by atoms with E-state index in [9.17, 15) is 0 Å². The first-order valence-electron chi connectivity index (χ1n) is 7.15.